The minimum atomic E-state index is -4.40. The van der Waals surface area contributed by atoms with E-state index in [0.717, 1.165) is 51.4 Å². The molecule has 0 aliphatic carbocycles. The van der Waals surface area contributed by atoms with Crippen molar-refractivity contribution in [3.63, 3.8) is 0 Å². The number of anilines is 1. The highest BCUT2D eigenvalue weighted by Gasteiger charge is 2.30. The molecule has 1 amide bonds. The number of nitrogens with zero attached hydrogens (tertiary/aromatic N) is 2. The van der Waals surface area contributed by atoms with Gasteiger partial charge in [-0.05, 0) is 23.8 Å². The van der Waals surface area contributed by atoms with Crippen LogP contribution in [0, 0.1) is 0 Å². The molecule has 2 N–H and O–H groups in total. The average molecular weight is 420 g/mol. The summed E-state index contributed by atoms with van der Waals surface area (Å²) in [6, 6.07) is 15.2. The van der Waals surface area contributed by atoms with Crippen LogP contribution in [0.3, 0.4) is 0 Å². The Balaban J connectivity index is 1.31. The molecule has 0 spiro atoms. The predicted molar refractivity (Wildman–Crippen MR) is 111 cm³/mol. The summed E-state index contributed by atoms with van der Waals surface area (Å²) in [5.41, 5.74) is 0.848. The van der Waals surface area contributed by atoms with E-state index in [1.165, 1.54) is 17.7 Å². The molecule has 0 saturated carbocycles. The Labute approximate surface area is 174 Å². The number of carbonyl (C=O) groups is 1. The van der Waals surface area contributed by atoms with Crippen LogP contribution in [0.5, 0.6) is 0 Å². The lowest BCUT2D eigenvalue weighted by molar-refractivity contribution is -0.137. The summed E-state index contributed by atoms with van der Waals surface area (Å²) in [4.78, 5) is 16.7. The Morgan fingerprint density at radius 1 is 0.933 bits per heavy atom. The van der Waals surface area contributed by atoms with Crippen LogP contribution >= 0.6 is 0 Å². The number of amides is 1. The maximum atomic E-state index is 12.7. The van der Waals surface area contributed by atoms with E-state index >= 15 is 0 Å². The lowest BCUT2D eigenvalue weighted by Gasteiger charge is -2.34. The second kappa shape index (κ2) is 10.4. The van der Waals surface area contributed by atoms with Gasteiger partial charge in [0, 0.05) is 51.5 Å². The Hall–Kier alpha value is -2.58. The summed E-state index contributed by atoms with van der Waals surface area (Å²) in [7, 11) is 0. The maximum Gasteiger partial charge on any atom is 0.416 e. The van der Waals surface area contributed by atoms with E-state index in [0.29, 0.717) is 6.54 Å². The fourth-order valence-electron chi connectivity index (χ4n) is 3.42. The van der Waals surface area contributed by atoms with E-state index in [-0.39, 0.29) is 18.1 Å². The zero-order chi connectivity index (χ0) is 21.4. The van der Waals surface area contributed by atoms with Crippen LogP contribution in [0.15, 0.2) is 54.6 Å². The summed E-state index contributed by atoms with van der Waals surface area (Å²) in [5, 5.41) is 5.56. The molecule has 2 aromatic carbocycles. The third kappa shape index (κ3) is 7.03. The Bertz CT molecular complexity index is 806. The van der Waals surface area contributed by atoms with E-state index in [1.807, 2.05) is 6.07 Å². The highest BCUT2D eigenvalue weighted by molar-refractivity contribution is 5.80. The third-order valence-corrected chi connectivity index (χ3v) is 5.11. The van der Waals surface area contributed by atoms with Gasteiger partial charge in [-0.3, -0.25) is 14.6 Å². The van der Waals surface area contributed by atoms with Crippen LogP contribution in [0.25, 0.3) is 0 Å². The first-order chi connectivity index (χ1) is 14.4. The van der Waals surface area contributed by atoms with Crippen LogP contribution in [-0.2, 0) is 17.5 Å². The third-order valence-electron chi connectivity index (χ3n) is 5.11. The molecule has 1 saturated heterocycles. The second-order valence-electron chi connectivity index (χ2n) is 7.39. The van der Waals surface area contributed by atoms with Crippen molar-refractivity contribution in [2.45, 2.75) is 12.7 Å². The molecule has 0 aromatic heterocycles. The van der Waals surface area contributed by atoms with Crippen molar-refractivity contribution < 1.29 is 18.0 Å². The van der Waals surface area contributed by atoms with Crippen LogP contribution in [0.1, 0.15) is 11.1 Å². The molecule has 5 nitrogen and oxygen atoms in total. The van der Waals surface area contributed by atoms with Gasteiger partial charge in [-0.2, -0.15) is 13.2 Å². The first-order valence-corrected chi connectivity index (χ1v) is 10.1. The Kier molecular flexibility index (Phi) is 7.70. The molecule has 1 aliphatic rings. The summed E-state index contributed by atoms with van der Waals surface area (Å²) < 4.78 is 38.2. The van der Waals surface area contributed by atoms with Crippen LogP contribution in [0.2, 0.25) is 0 Å². The number of piperazine rings is 1. The number of benzene rings is 2. The number of alkyl halides is 3. The van der Waals surface area contributed by atoms with Gasteiger partial charge in [0.05, 0.1) is 12.1 Å². The van der Waals surface area contributed by atoms with Gasteiger partial charge in [-0.1, -0.05) is 36.4 Å². The minimum absolute atomic E-state index is 0.0633. The van der Waals surface area contributed by atoms with Crippen LogP contribution < -0.4 is 10.6 Å². The lowest BCUT2D eigenvalue weighted by atomic mass is 10.2. The highest BCUT2D eigenvalue weighted by atomic mass is 19.4. The monoisotopic (exact) mass is 420 g/mol. The summed E-state index contributed by atoms with van der Waals surface area (Å²) >= 11 is 0. The van der Waals surface area contributed by atoms with Crippen molar-refractivity contribution in [1.82, 2.24) is 15.1 Å². The SMILES string of the molecule is O=C(CNc1cccc(C(F)(F)F)c1)NCCN1CCN(Cc2ccccc2)CC1. The molecule has 0 unspecified atom stereocenters. The average Bonchev–Trinajstić information content (AvgIpc) is 2.74. The molecule has 3 rings (SSSR count). The van der Waals surface area contributed by atoms with E-state index in [2.05, 4.69) is 44.7 Å². The van der Waals surface area contributed by atoms with Crippen LogP contribution in [-0.4, -0.2) is 61.5 Å². The molecule has 0 atom stereocenters. The molecule has 162 valence electrons. The highest BCUT2D eigenvalue weighted by Crippen LogP contribution is 2.30. The number of halogens is 3. The zero-order valence-electron chi connectivity index (χ0n) is 16.8. The summed E-state index contributed by atoms with van der Waals surface area (Å²) in [5.74, 6) is -0.241. The number of hydrogen-bond donors (Lipinski definition) is 2. The van der Waals surface area contributed by atoms with Crippen molar-refractivity contribution in [3.8, 4) is 0 Å². The maximum absolute atomic E-state index is 12.7. The molecule has 1 aliphatic heterocycles. The van der Waals surface area contributed by atoms with Crippen molar-refractivity contribution in [2.24, 2.45) is 0 Å². The first-order valence-electron chi connectivity index (χ1n) is 10.1. The van der Waals surface area contributed by atoms with Crippen molar-refractivity contribution in [3.05, 3.63) is 65.7 Å². The molecule has 2 aromatic rings. The van der Waals surface area contributed by atoms with E-state index in [1.54, 1.807) is 0 Å². The Morgan fingerprint density at radius 2 is 1.63 bits per heavy atom. The fraction of sp³-hybridized carbons (Fsp3) is 0.409. The number of carbonyl (C=O) groups excluding carboxylic acids is 1. The standard InChI is InChI=1S/C22H27F3N4O/c23-22(24,25)19-7-4-8-20(15-19)27-16-21(30)26-9-10-28-11-13-29(14-12-28)17-18-5-2-1-3-6-18/h1-8,15,27H,9-14,16-17H2,(H,26,30). The van der Waals surface area contributed by atoms with Gasteiger partial charge < -0.3 is 10.6 Å². The summed E-state index contributed by atoms with van der Waals surface area (Å²) in [6.07, 6.45) is -4.40. The van der Waals surface area contributed by atoms with E-state index < -0.39 is 11.7 Å². The zero-order valence-corrected chi connectivity index (χ0v) is 16.8. The van der Waals surface area contributed by atoms with Gasteiger partial charge in [0.25, 0.3) is 0 Å². The smallest absolute Gasteiger partial charge is 0.376 e. The van der Waals surface area contributed by atoms with Gasteiger partial charge >= 0.3 is 6.18 Å². The Morgan fingerprint density at radius 3 is 2.33 bits per heavy atom. The molecular weight excluding hydrogens is 393 g/mol. The molecule has 1 fully saturated rings. The lowest BCUT2D eigenvalue weighted by Crippen LogP contribution is -2.48. The number of rotatable bonds is 8. The minimum Gasteiger partial charge on any atom is -0.376 e. The number of nitrogens with one attached hydrogen (secondary N) is 2. The summed E-state index contributed by atoms with van der Waals surface area (Å²) in [6.45, 7) is 6.03. The van der Waals surface area contributed by atoms with Gasteiger partial charge in [0.2, 0.25) is 5.91 Å². The molecule has 0 radical (unpaired) electrons. The van der Waals surface area contributed by atoms with Crippen molar-refractivity contribution >= 4 is 11.6 Å². The molecule has 1 heterocycles. The quantitative estimate of drug-likeness (QED) is 0.689. The predicted octanol–water partition coefficient (Wildman–Crippen LogP) is 3.05. The molecule has 0 bridgehead atoms. The molecule has 8 heteroatoms. The van der Waals surface area contributed by atoms with E-state index in [4.69, 9.17) is 0 Å². The molecule has 30 heavy (non-hydrogen) atoms. The number of hydrogen-bond acceptors (Lipinski definition) is 4. The van der Waals surface area contributed by atoms with Crippen molar-refractivity contribution in [1.29, 1.82) is 0 Å². The normalized spacial score (nSPS) is 15.7. The topological polar surface area (TPSA) is 47.6 Å². The fourth-order valence-corrected chi connectivity index (χ4v) is 3.42. The molecular formula is C22H27F3N4O. The van der Waals surface area contributed by atoms with E-state index in [9.17, 15) is 18.0 Å². The largest absolute Gasteiger partial charge is 0.416 e. The van der Waals surface area contributed by atoms with Gasteiger partial charge in [-0.15, -0.1) is 0 Å². The first kappa shape index (κ1) is 22.1. The van der Waals surface area contributed by atoms with Gasteiger partial charge in [-0.25, -0.2) is 0 Å². The second-order valence-corrected chi connectivity index (χ2v) is 7.39. The van der Waals surface area contributed by atoms with Crippen LogP contribution in [0.4, 0.5) is 18.9 Å². The van der Waals surface area contributed by atoms with Gasteiger partial charge in [0.15, 0.2) is 0 Å². The van der Waals surface area contributed by atoms with Crippen molar-refractivity contribution in [2.75, 3.05) is 51.1 Å². The van der Waals surface area contributed by atoms with Gasteiger partial charge in [0.1, 0.15) is 0 Å².